The largest absolute Gasteiger partial charge is 0.461 e. The van der Waals surface area contributed by atoms with Crippen LogP contribution in [0.25, 0.3) is 22.3 Å². The van der Waals surface area contributed by atoms with Crippen LogP contribution in [-0.4, -0.2) is 86.1 Å². The van der Waals surface area contributed by atoms with Gasteiger partial charge in [0.25, 0.3) is 5.91 Å². The second-order valence-electron chi connectivity index (χ2n) is 12.6. The molecule has 7 heterocycles. The second-order valence-corrected chi connectivity index (χ2v) is 12.6. The van der Waals surface area contributed by atoms with Gasteiger partial charge in [0.05, 0.1) is 28.7 Å². The molecule has 3 aromatic heterocycles. The minimum Gasteiger partial charge on any atom is -0.461 e. The van der Waals surface area contributed by atoms with Gasteiger partial charge in [-0.2, -0.15) is 9.97 Å². The molecular weight excluding hydrogens is 533 g/mol. The highest BCUT2D eigenvalue weighted by molar-refractivity contribution is 5.93. The fraction of sp³-hybridized carbons (Fsp3) is 0.531. The molecule has 0 bridgehead atoms. The van der Waals surface area contributed by atoms with Crippen LogP contribution in [0, 0.1) is 0 Å². The first-order valence-electron chi connectivity index (χ1n) is 15.5. The summed E-state index contributed by atoms with van der Waals surface area (Å²) in [6.45, 7) is 7.13. The summed E-state index contributed by atoms with van der Waals surface area (Å²) in [6.07, 6.45) is 13.8. The highest BCUT2D eigenvalue weighted by atomic mass is 19.1. The number of likely N-dealkylation sites (tertiary alicyclic amines) is 1. The van der Waals surface area contributed by atoms with E-state index in [-0.39, 0.29) is 17.6 Å². The lowest BCUT2D eigenvalue weighted by atomic mass is 9.89. The summed E-state index contributed by atoms with van der Waals surface area (Å²) >= 11 is 0. The number of nitrogens with zero attached hydrogens (tertiary/aromatic N) is 7. The molecule has 1 amide bonds. The molecule has 0 radical (unpaired) electrons. The molecule has 1 aliphatic carbocycles. The Labute approximate surface area is 244 Å². The fourth-order valence-corrected chi connectivity index (χ4v) is 8.22. The lowest BCUT2D eigenvalue weighted by molar-refractivity contribution is -0.130. The normalized spacial score (nSPS) is 24.3. The third kappa shape index (κ3) is 4.09. The average molecular weight is 570 g/mol. The van der Waals surface area contributed by atoms with E-state index in [0.717, 1.165) is 67.7 Å². The Morgan fingerprint density at radius 2 is 1.86 bits per heavy atom. The van der Waals surface area contributed by atoms with Crippen molar-refractivity contribution >= 4 is 22.8 Å². The van der Waals surface area contributed by atoms with Crippen molar-refractivity contribution in [3.8, 4) is 17.3 Å². The monoisotopic (exact) mass is 569 g/mol. The molecule has 9 nitrogen and oxygen atoms in total. The molecule has 5 aliphatic rings. The van der Waals surface area contributed by atoms with E-state index in [1.165, 1.54) is 36.8 Å². The Morgan fingerprint density at radius 1 is 1.02 bits per heavy atom. The number of pyridine rings is 2. The lowest BCUT2D eigenvalue weighted by Crippen LogP contribution is -2.63. The molecule has 0 aromatic carbocycles. The van der Waals surface area contributed by atoms with Crippen LogP contribution < -0.4 is 9.64 Å². The van der Waals surface area contributed by atoms with Crippen molar-refractivity contribution in [1.82, 2.24) is 29.7 Å². The van der Waals surface area contributed by atoms with Gasteiger partial charge in [0, 0.05) is 31.0 Å². The molecule has 0 N–H and O–H groups in total. The molecule has 2 atom stereocenters. The van der Waals surface area contributed by atoms with Crippen LogP contribution in [0.15, 0.2) is 36.9 Å². The van der Waals surface area contributed by atoms with Gasteiger partial charge in [-0.05, 0) is 94.1 Å². The van der Waals surface area contributed by atoms with Gasteiger partial charge in [-0.25, -0.2) is 9.37 Å². The highest BCUT2D eigenvalue weighted by Gasteiger charge is 2.50. The minimum absolute atomic E-state index is 0.0574. The van der Waals surface area contributed by atoms with Crippen molar-refractivity contribution in [1.29, 1.82) is 0 Å². The van der Waals surface area contributed by atoms with Crippen LogP contribution in [0.1, 0.15) is 56.1 Å². The first-order chi connectivity index (χ1) is 20.5. The zero-order valence-corrected chi connectivity index (χ0v) is 23.9. The summed E-state index contributed by atoms with van der Waals surface area (Å²) in [4.78, 5) is 38.2. The second kappa shape index (κ2) is 9.97. The van der Waals surface area contributed by atoms with Crippen LogP contribution in [0.4, 0.5) is 10.2 Å². The Balaban J connectivity index is 1.16. The van der Waals surface area contributed by atoms with Gasteiger partial charge >= 0.3 is 6.01 Å². The van der Waals surface area contributed by atoms with E-state index in [1.807, 2.05) is 18.5 Å². The SMILES string of the molecule is C=C(F)C(=O)N1CC[C@@H]2[C@H]1CN2c1nc(OCC23CCCN2CCC3)nc2nc(-c3cncc4c3CCCC4)ccc12. The van der Waals surface area contributed by atoms with Crippen molar-refractivity contribution in [3.63, 3.8) is 0 Å². The first kappa shape index (κ1) is 26.0. The number of carbonyl (C=O) groups is 1. The summed E-state index contributed by atoms with van der Waals surface area (Å²) in [5, 5.41) is 0.850. The van der Waals surface area contributed by atoms with Crippen molar-refractivity contribution in [2.45, 2.75) is 75.4 Å². The molecule has 3 aromatic rings. The standard InChI is InChI=1S/C32H36FN7O2/c1-20(33)30(41)39-15-10-26-27(39)18-40(26)29-23-8-9-25(24-17-34-16-21-6-2-3-7-22(21)24)35-28(23)36-31(37-29)42-19-32-11-4-13-38(32)14-5-12-32/h8-9,16-17,26-27H,1-7,10-15,18-19H2/t26-,27-/m1/s1. The molecule has 4 aliphatic heterocycles. The maximum absolute atomic E-state index is 13.7. The average Bonchev–Trinajstić information content (AvgIpc) is 3.67. The van der Waals surface area contributed by atoms with Crippen LogP contribution >= 0.6 is 0 Å². The maximum atomic E-state index is 13.7. The predicted octanol–water partition coefficient (Wildman–Crippen LogP) is 4.25. The highest BCUT2D eigenvalue weighted by Crippen LogP contribution is 2.42. The minimum atomic E-state index is -0.904. The molecule has 4 fully saturated rings. The number of aromatic nitrogens is 4. The van der Waals surface area contributed by atoms with E-state index in [4.69, 9.17) is 19.7 Å². The number of aryl methyl sites for hydroxylation is 1. The number of fused-ring (bicyclic) bond motifs is 4. The van der Waals surface area contributed by atoms with E-state index in [0.29, 0.717) is 31.4 Å². The number of rotatable bonds is 6. The summed E-state index contributed by atoms with van der Waals surface area (Å²) < 4.78 is 20.1. The van der Waals surface area contributed by atoms with E-state index >= 15 is 0 Å². The Morgan fingerprint density at radius 3 is 2.69 bits per heavy atom. The number of hydrogen-bond acceptors (Lipinski definition) is 8. The Kier molecular flexibility index (Phi) is 6.17. The van der Waals surface area contributed by atoms with Crippen LogP contribution in [0.3, 0.4) is 0 Å². The van der Waals surface area contributed by atoms with Crippen LogP contribution in [0.2, 0.25) is 0 Å². The molecule has 10 heteroatoms. The van der Waals surface area contributed by atoms with Crippen LogP contribution in [0.5, 0.6) is 6.01 Å². The van der Waals surface area contributed by atoms with Gasteiger partial charge in [0.2, 0.25) is 0 Å². The van der Waals surface area contributed by atoms with Gasteiger partial charge in [0.15, 0.2) is 11.5 Å². The molecule has 0 unspecified atom stereocenters. The molecule has 42 heavy (non-hydrogen) atoms. The van der Waals surface area contributed by atoms with E-state index < -0.39 is 11.7 Å². The quantitative estimate of drug-likeness (QED) is 0.408. The number of anilines is 1. The van der Waals surface area contributed by atoms with Gasteiger partial charge in [0.1, 0.15) is 12.4 Å². The fourth-order valence-electron chi connectivity index (χ4n) is 8.22. The zero-order valence-electron chi connectivity index (χ0n) is 23.9. The number of hydrogen-bond donors (Lipinski definition) is 0. The van der Waals surface area contributed by atoms with Gasteiger partial charge in [-0.1, -0.05) is 6.58 Å². The van der Waals surface area contributed by atoms with E-state index in [2.05, 4.69) is 27.4 Å². The van der Waals surface area contributed by atoms with Crippen molar-refractivity contribution in [3.05, 3.63) is 48.1 Å². The molecular formula is C32H36FN7O2. The first-order valence-corrected chi connectivity index (χ1v) is 15.5. The zero-order chi connectivity index (χ0) is 28.4. The molecule has 4 saturated heterocycles. The third-order valence-corrected chi connectivity index (χ3v) is 10.4. The topological polar surface area (TPSA) is 87.6 Å². The van der Waals surface area contributed by atoms with Crippen molar-refractivity contribution in [2.24, 2.45) is 0 Å². The molecule has 218 valence electrons. The molecule has 8 rings (SSSR count). The summed E-state index contributed by atoms with van der Waals surface area (Å²) in [5.41, 5.74) is 5.26. The number of amides is 1. The van der Waals surface area contributed by atoms with Crippen molar-refractivity contribution < 1.29 is 13.9 Å². The smallest absolute Gasteiger partial charge is 0.320 e. The number of halogens is 1. The van der Waals surface area contributed by atoms with Gasteiger partial charge in [-0.15, -0.1) is 0 Å². The molecule has 0 saturated carbocycles. The van der Waals surface area contributed by atoms with Crippen molar-refractivity contribution in [2.75, 3.05) is 37.7 Å². The summed E-state index contributed by atoms with van der Waals surface area (Å²) in [6, 6.07) is 4.45. The van der Waals surface area contributed by atoms with Gasteiger partial charge in [-0.3, -0.25) is 14.7 Å². The predicted molar refractivity (Wildman–Crippen MR) is 157 cm³/mol. The van der Waals surface area contributed by atoms with Crippen LogP contribution in [-0.2, 0) is 17.6 Å². The summed E-state index contributed by atoms with van der Waals surface area (Å²) in [5.74, 6) is -0.746. The van der Waals surface area contributed by atoms with E-state index in [1.54, 1.807) is 4.90 Å². The Bertz CT molecular complexity index is 1580. The number of ether oxygens (including phenoxy) is 1. The van der Waals surface area contributed by atoms with E-state index in [9.17, 15) is 9.18 Å². The summed E-state index contributed by atoms with van der Waals surface area (Å²) in [7, 11) is 0. The molecule has 0 spiro atoms. The van der Waals surface area contributed by atoms with Gasteiger partial charge < -0.3 is 14.5 Å². The Hall–Kier alpha value is -3.66. The maximum Gasteiger partial charge on any atom is 0.320 e. The lowest BCUT2D eigenvalue weighted by Gasteiger charge is -2.47. The number of carbonyl (C=O) groups excluding carboxylic acids is 1. The third-order valence-electron chi connectivity index (χ3n) is 10.4.